The molecule has 1 atom stereocenters. The molecular formula is C23H20F3N5O2. The Morgan fingerprint density at radius 1 is 1.21 bits per heavy atom. The van der Waals surface area contributed by atoms with Crippen LogP contribution in [0, 0.1) is 11.8 Å². The van der Waals surface area contributed by atoms with E-state index in [0.29, 0.717) is 28.2 Å². The highest BCUT2D eigenvalue weighted by Gasteiger charge is 2.34. The van der Waals surface area contributed by atoms with Crippen molar-refractivity contribution in [2.24, 2.45) is 0 Å². The lowest BCUT2D eigenvalue weighted by atomic mass is 10.1. The van der Waals surface area contributed by atoms with E-state index in [1.807, 2.05) is 6.92 Å². The summed E-state index contributed by atoms with van der Waals surface area (Å²) in [4.78, 5) is 18.8. The van der Waals surface area contributed by atoms with Gasteiger partial charge in [0.2, 0.25) is 0 Å². The standard InChI is InChI=1S/C23H20F3N5O2/c1-14-12-30(19-7-5-18(6-8-19)23(24,25)26)22(32)20-16(11-29-31(14)20)4-3-15-9-17(13-33-2)21(27)28-10-15/h5-11,14H,12-13H2,1-2H3,(H2,27,28)/t14-/m0/s1. The minimum absolute atomic E-state index is 0.193. The maximum atomic E-state index is 13.3. The molecule has 7 nitrogen and oxygen atoms in total. The fraction of sp³-hybridized carbons (Fsp3) is 0.261. The maximum Gasteiger partial charge on any atom is 0.416 e. The lowest BCUT2D eigenvalue weighted by molar-refractivity contribution is -0.137. The molecule has 0 radical (unpaired) electrons. The summed E-state index contributed by atoms with van der Waals surface area (Å²) in [6, 6.07) is 6.08. The van der Waals surface area contributed by atoms with Crippen molar-refractivity contribution in [3.63, 3.8) is 0 Å². The molecule has 170 valence electrons. The van der Waals surface area contributed by atoms with Crippen LogP contribution in [0.15, 0.2) is 42.7 Å². The van der Waals surface area contributed by atoms with Crippen molar-refractivity contribution >= 4 is 17.4 Å². The molecule has 2 aromatic heterocycles. The predicted octanol–water partition coefficient (Wildman–Crippen LogP) is 3.65. The lowest BCUT2D eigenvalue weighted by Crippen LogP contribution is -2.43. The summed E-state index contributed by atoms with van der Waals surface area (Å²) in [5, 5.41) is 4.30. The number of alkyl halides is 3. The first-order valence-electron chi connectivity index (χ1n) is 10.0. The van der Waals surface area contributed by atoms with Crippen LogP contribution in [0.25, 0.3) is 0 Å². The summed E-state index contributed by atoms with van der Waals surface area (Å²) in [5.74, 6) is 5.89. The molecule has 1 aromatic carbocycles. The van der Waals surface area contributed by atoms with Gasteiger partial charge in [-0.25, -0.2) is 4.98 Å². The van der Waals surface area contributed by atoms with Gasteiger partial charge in [0, 0.05) is 36.7 Å². The van der Waals surface area contributed by atoms with Crippen LogP contribution in [0.2, 0.25) is 0 Å². The summed E-state index contributed by atoms with van der Waals surface area (Å²) >= 11 is 0. The number of nitrogen functional groups attached to an aromatic ring is 1. The number of hydrogen-bond donors (Lipinski definition) is 1. The van der Waals surface area contributed by atoms with Gasteiger partial charge in [-0.15, -0.1) is 0 Å². The van der Waals surface area contributed by atoms with Crippen LogP contribution in [0.1, 0.15) is 45.7 Å². The van der Waals surface area contributed by atoms with E-state index in [4.69, 9.17) is 10.5 Å². The second-order valence-corrected chi connectivity index (χ2v) is 7.61. The molecule has 0 bridgehead atoms. The second-order valence-electron chi connectivity index (χ2n) is 7.61. The van der Waals surface area contributed by atoms with Crippen molar-refractivity contribution in [2.75, 3.05) is 24.3 Å². The van der Waals surface area contributed by atoms with Gasteiger partial charge >= 0.3 is 6.18 Å². The molecule has 0 spiro atoms. The van der Waals surface area contributed by atoms with E-state index in [1.54, 1.807) is 17.9 Å². The second kappa shape index (κ2) is 8.60. The molecule has 10 heteroatoms. The Morgan fingerprint density at radius 3 is 2.61 bits per heavy atom. The van der Waals surface area contributed by atoms with Gasteiger partial charge in [0.05, 0.1) is 30.0 Å². The SMILES string of the molecule is COCc1cc(C#Cc2cnn3c2C(=O)N(c2ccc(C(F)(F)F)cc2)C[C@@H]3C)cnc1N. The zero-order valence-electron chi connectivity index (χ0n) is 17.8. The summed E-state index contributed by atoms with van der Waals surface area (Å²) in [6.45, 7) is 2.43. The highest BCUT2D eigenvalue weighted by atomic mass is 19.4. The molecule has 0 fully saturated rings. The number of methoxy groups -OCH3 is 1. The lowest BCUT2D eigenvalue weighted by Gasteiger charge is -2.32. The first-order chi connectivity index (χ1) is 15.7. The number of pyridine rings is 1. The molecule has 3 heterocycles. The van der Waals surface area contributed by atoms with Crippen LogP contribution < -0.4 is 10.6 Å². The molecular weight excluding hydrogens is 435 g/mol. The molecule has 1 amide bonds. The smallest absolute Gasteiger partial charge is 0.383 e. The summed E-state index contributed by atoms with van der Waals surface area (Å²) < 4.78 is 45.4. The predicted molar refractivity (Wildman–Crippen MR) is 115 cm³/mol. The third kappa shape index (κ3) is 4.40. The third-order valence-corrected chi connectivity index (χ3v) is 5.26. The van der Waals surface area contributed by atoms with Crippen LogP contribution in [0.4, 0.5) is 24.7 Å². The minimum Gasteiger partial charge on any atom is -0.383 e. The zero-order chi connectivity index (χ0) is 23.8. The number of nitrogens with two attached hydrogens (primary N) is 1. The van der Waals surface area contributed by atoms with Gasteiger partial charge in [-0.05, 0) is 37.3 Å². The van der Waals surface area contributed by atoms with E-state index >= 15 is 0 Å². The summed E-state index contributed by atoms with van der Waals surface area (Å²) in [6.07, 6.45) is -1.41. The van der Waals surface area contributed by atoms with Crippen molar-refractivity contribution < 1.29 is 22.7 Å². The number of fused-ring (bicyclic) bond motifs is 1. The molecule has 0 unspecified atom stereocenters. The third-order valence-electron chi connectivity index (χ3n) is 5.26. The van der Waals surface area contributed by atoms with Crippen LogP contribution in [0.5, 0.6) is 0 Å². The topological polar surface area (TPSA) is 86.3 Å². The summed E-state index contributed by atoms with van der Waals surface area (Å²) in [7, 11) is 1.55. The van der Waals surface area contributed by atoms with Gasteiger partial charge in [-0.1, -0.05) is 11.8 Å². The molecule has 1 aliphatic rings. The quantitative estimate of drug-likeness (QED) is 0.610. The monoisotopic (exact) mass is 455 g/mol. The van der Waals surface area contributed by atoms with E-state index < -0.39 is 11.7 Å². The highest BCUT2D eigenvalue weighted by Crippen LogP contribution is 2.32. The van der Waals surface area contributed by atoms with Gasteiger partial charge in [-0.3, -0.25) is 9.48 Å². The van der Waals surface area contributed by atoms with E-state index in [0.717, 1.165) is 12.1 Å². The number of benzene rings is 1. The molecule has 2 N–H and O–H groups in total. The Kier molecular flexibility index (Phi) is 5.82. The first-order valence-corrected chi connectivity index (χ1v) is 10.0. The number of carbonyl (C=O) groups is 1. The number of aromatic nitrogens is 3. The van der Waals surface area contributed by atoms with E-state index in [1.165, 1.54) is 29.4 Å². The van der Waals surface area contributed by atoms with Gasteiger partial charge in [-0.2, -0.15) is 18.3 Å². The van der Waals surface area contributed by atoms with E-state index in [9.17, 15) is 18.0 Å². The Balaban J connectivity index is 1.66. The van der Waals surface area contributed by atoms with Crippen molar-refractivity contribution in [2.45, 2.75) is 25.7 Å². The number of carbonyl (C=O) groups excluding carboxylic acids is 1. The van der Waals surface area contributed by atoms with E-state index in [2.05, 4.69) is 21.9 Å². The van der Waals surface area contributed by atoms with Crippen molar-refractivity contribution in [1.29, 1.82) is 0 Å². The Bertz CT molecular complexity index is 1260. The first kappa shape index (κ1) is 22.4. The molecule has 0 aliphatic carbocycles. The van der Waals surface area contributed by atoms with Gasteiger partial charge < -0.3 is 15.4 Å². The zero-order valence-corrected chi connectivity index (χ0v) is 17.8. The Morgan fingerprint density at radius 2 is 1.94 bits per heavy atom. The van der Waals surface area contributed by atoms with Crippen LogP contribution in [-0.4, -0.2) is 34.3 Å². The number of ether oxygens (including phenoxy) is 1. The van der Waals surface area contributed by atoms with Crippen LogP contribution >= 0.6 is 0 Å². The Labute approximate surface area is 188 Å². The number of hydrogen-bond acceptors (Lipinski definition) is 5. The fourth-order valence-electron chi connectivity index (χ4n) is 3.61. The minimum atomic E-state index is -4.45. The van der Waals surface area contributed by atoms with Gasteiger partial charge in [0.1, 0.15) is 11.5 Å². The van der Waals surface area contributed by atoms with Gasteiger partial charge in [0.25, 0.3) is 5.91 Å². The number of amides is 1. The van der Waals surface area contributed by atoms with Crippen molar-refractivity contribution in [1.82, 2.24) is 14.8 Å². The molecule has 1 aliphatic heterocycles. The maximum absolute atomic E-state index is 13.3. The number of rotatable bonds is 3. The number of nitrogens with zero attached hydrogens (tertiary/aromatic N) is 4. The van der Waals surface area contributed by atoms with Crippen LogP contribution in [0.3, 0.4) is 0 Å². The summed E-state index contributed by atoms with van der Waals surface area (Å²) in [5.41, 5.74) is 7.40. The largest absolute Gasteiger partial charge is 0.416 e. The fourth-order valence-corrected chi connectivity index (χ4v) is 3.61. The highest BCUT2D eigenvalue weighted by molar-refractivity contribution is 6.07. The van der Waals surface area contributed by atoms with Crippen molar-refractivity contribution in [3.8, 4) is 11.8 Å². The average Bonchev–Trinajstić information content (AvgIpc) is 3.21. The molecule has 0 saturated carbocycles. The normalized spacial score (nSPS) is 15.7. The molecule has 33 heavy (non-hydrogen) atoms. The van der Waals surface area contributed by atoms with Gasteiger partial charge in [0.15, 0.2) is 0 Å². The number of anilines is 2. The molecule has 4 rings (SSSR count). The van der Waals surface area contributed by atoms with Crippen molar-refractivity contribution in [3.05, 3.63) is 70.7 Å². The molecule has 0 saturated heterocycles. The van der Waals surface area contributed by atoms with Crippen LogP contribution in [-0.2, 0) is 17.5 Å². The number of halogens is 3. The average molecular weight is 455 g/mol. The van der Waals surface area contributed by atoms with E-state index in [-0.39, 0.29) is 30.8 Å². The Hall–Kier alpha value is -3.84. The molecule has 3 aromatic rings.